The molecule has 0 aromatic carbocycles. The summed E-state index contributed by atoms with van der Waals surface area (Å²) in [6, 6.07) is 32.8. The first-order valence-electron chi connectivity index (χ1n) is 15.7. The Balaban J connectivity index is 0.000000139. The standard InChI is InChI=1S/2C20H14N4.Zn/c2*1-2-14-10-16-5-6-18(23-16)12-20-8-7-19(24-20)11-17-4-3-15(22-17)9-13(1)21-14;/h2*1-12,21-22H;. The number of rotatable bonds is 0. The molecule has 0 amide bonds. The summed E-state index contributed by atoms with van der Waals surface area (Å²) in [7, 11) is 0. The van der Waals surface area contributed by atoms with E-state index in [1.54, 1.807) is 0 Å². The van der Waals surface area contributed by atoms with Crippen LogP contribution in [-0.4, -0.2) is 39.9 Å². The topological polar surface area (TPSA) is 115 Å². The molecule has 9 heteroatoms. The molecule has 16 bridgehead atoms. The van der Waals surface area contributed by atoms with E-state index in [1.807, 2.05) is 85.0 Å². The van der Waals surface area contributed by atoms with Gasteiger partial charge in [-0.3, -0.25) is 0 Å². The van der Waals surface area contributed by atoms with Gasteiger partial charge in [0.25, 0.3) is 0 Å². The van der Waals surface area contributed by atoms with Gasteiger partial charge in [0.1, 0.15) is 0 Å². The van der Waals surface area contributed by atoms with Gasteiger partial charge in [0.2, 0.25) is 0 Å². The van der Waals surface area contributed by atoms with E-state index >= 15 is 0 Å². The van der Waals surface area contributed by atoms with E-state index in [2.05, 4.69) is 101 Å². The quantitative estimate of drug-likeness (QED) is 0.119. The number of fused-ring (bicyclic) bond motifs is 16. The van der Waals surface area contributed by atoms with Crippen LogP contribution in [0.5, 0.6) is 0 Å². The van der Waals surface area contributed by atoms with Crippen molar-refractivity contribution >= 4 is 92.7 Å². The molecule has 4 aliphatic rings. The molecule has 0 saturated carbocycles. The molecule has 6 aromatic rings. The second-order valence-corrected chi connectivity index (χ2v) is 11.8. The Hall–Kier alpha value is -6.18. The van der Waals surface area contributed by atoms with Gasteiger partial charge in [-0.2, -0.15) is 0 Å². The maximum absolute atomic E-state index is 4.62. The second kappa shape index (κ2) is 12.8. The predicted molar refractivity (Wildman–Crippen MR) is 198 cm³/mol. The Labute approximate surface area is 293 Å². The minimum absolute atomic E-state index is 0. The fraction of sp³-hybridized carbons (Fsp3) is 0. The zero-order chi connectivity index (χ0) is 31.9. The smallest absolute Gasteiger partial charge is 0.0659 e. The van der Waals surface area contributed by atoms with Gasteiger partial charge >= 0.3 is 0 Å². The Morgan fingerprint density at radius 3 is 0.653 bits per heavy atom. The average molecular weight is 686 g/mol. The number of nitrogens with zero attached hydrogens (tertiary/aromatic N) is 4. The van der Waals surface area contributed by atoms with E-state index in [1.165, 1.54) is 0 Å². The Bertz CT molecular complexity index is 2330. The van der Waals surface area contributed by atoms with Crippen LogP contribution in [0.15, 0.2) is 97.1 Å². The maximum Gasteiger partial charge on any atom is 0.0659 e. The van der Waals surface area contributed by atoms with Crippen molar-refractivity contribution in [1.29, 1.82) is 0 Å². The molecule has 6 aromatic heterocycles. The number of hydrogen-bond donors (Lipinski definition) is 4. The maximum atomic E-state index is 4.62. The van der Waals surface area contributed by atoms with Gasteiger partial charge < -0.3 is 19.9 Å². The molecule has 0 fully saturated rings. The number of aromatic amines is 4. The fourth-order valence-corrected chi connectivity index (χ4v) is 5.89. The zero-order valence-electron chi connectivity index (χ0n) is 26.4. The molecule has 0 unspecified atom stereocenters. The van der Waals surface area contributed by atoms with Crippen molar-refractivity contribution in [3.05, 3.63) is 143 Å². The molecule has 4 aliphatic heterocycles. The monoisotopic (exact) mass is 684 g/mol. The van der Waals surface area contributed by atoms with Gasteiger partial charge in [-0.05, 0) is 146 Å². The fourth-order valence-electron chi connectivity index (χ4n) is 5.89. The van der Waals surface area contributed by atoms with Gasteiger partial charge in [0, 0.05) is 63.6 Å². The number of nitrogens with one attached hydrogen (secondary N) is 4. The molecular formula is C40H28N8Zn. The van der Waals surface area contributed by atoms with E-state index in [-0.39, 0.29) is 19.5 Å². The Morgan fingerprint density at radius 2 is 0.429 bits per heavy atom. The molecule has 10 rings (SSSR count). The van der Waals surface area contributed by atoms with Crippen molar-refractivity contribution in [2.45, 2.75) is 0 Å². The number of hydrogen-bond acceptors (Lipinski definition) is 4. The van der Waals surface area contributed by atoms with Crippen LogP contribution in [0.4, 0.5) is 0 Å². The van der Waals surface area contributed by atoms with Crippen molar-refractivity contribution in [2.24, 2.45) is 0 Å². The van der Waals surface area contributed by atoms with Crippen LogP contribution in [0, 0.1) is 0 Å². The van der Waals surface area contributed by atoms with E-state index in [0.29, 0.717) is 0 Å². The first kappa shape index (κ1) is 30.2. The van der Waals surface area contributed by atoms with Crippen LogP contribution in [0.2, 0.25) is 0 Å². The molecule has 0 saturated heterocycles. The van der Waals surface area contributed by atoms with Crippen molar-refractivity contribution in [2.75, 3.05) is 0 Å². The average Bonchev–Trinajstić information content (AvgIpc) is 3.91. The summed E-state index contributed by atoms with van der Waals surface area (Å²) in [5, 5.41) is 0. The summed E-state index contributed by atoms with van der Waals surface area (Å²) in [5.74, 6) is 0. The van der Waals surface area contributed by atoms with Crippen LogP contribution in [-0.2, 0) is 19.5 Å². The van der Waals surface area contributed by atoms with Crippen LogP contribution in [0.1, 0.15) is 45.6 Å². The first-order chi connectivity index (χ1) is 23.6. The van der Waals surface area contributed by atoms with Gasteiger partial charge in [0.15, 0.2) is 0 Å². The molecule has 0 radical (unpaired) electrons. The van der Waals surface area contributed by atoms with E-state index in [0.717, 1.165) is 89.7 Å². The normalized spacial score (nSPS) is 12.4. The Morgan fingerprint density at radius 1 is 0.245 bits per heavy atom. The summed E-state index contributed by atoms with van der Waals surface area (Å²) in [5.41, 5.74) is 15.7. The van der Waals surface area contributed by atoms with E-state index < -0.39 is 0 Å². The molecule has 0 aliphatic carbocycles. The van der Waals surface area contributed by atoms with Gasteiger partial charge in [-0.1, -0.05) is 0 Å². The molecule has 49 heavy (non-hydrogen) atoms. The third-order valence-electron chi connectivity index (χ3n) is 8.08. The first-order valence-corrected chi connectivity index (χ1v) is 15.7. The van der Waals surface area contributed by atoms with Crippen LogP contribution in [0.3, 0.4) is 0 Å². The minimum atomic E-state index is 0. The molecule has 0 atom stereocenters. The molecule has 4 N–H and O–H groups in total. The van der Waals surface area contributed by atoms with Gasteiger partial charge in [0.05, 0.1) is 45.6 Å². The van der Waals surface area contributed by atoms with Crippen LogP contribution in [0.25, 0.3) is 92.7 Å². The van der Waals surface area contributed by atoms with Crippen molar-refractivity contribution < 1.29 is 19.5 Å². The molecule has 230 valence electrons. The summed E-state index contributed by atoms with van der Waals surface area (Å²) in [6.07, 6.45) is 16.1. The molecule has 8 nitrogen and oxygen atoms in total. The second-order valence-electron chi connectivity index (χ2n) is 11.8. The third-order valence-corrected chi connectivity index (χ3v) is 8.08. The summed E-state index contributed by atoms with van der Waals surface area (Å²) >= 11 is 0. The SMILES string of the molecule is C1=Cc2cc3ccc(cc4ccc(cc5nc(cc1n2)C=C5)[nH]4)[nH]3.C1=Cc2cc3ccc(cc4ccc(cc5nc(cc1n2)C=C5)[nH]4)[nH]3.[Zn]. The third kappa shape index (κ3) is 6.93. The van der Waals surface area contributed by atoms with Crippen molar-refractivity contribution in [3.63, 3.8) is 0 Å². The zero-order valence-corrected chi connectivity index (χ0v) is 29.3. The van der Waals surface area contributed by atoms with E-state index in [4.69, 9.17) is 0 Å². The minimum Gasteiger partial charge on any atom is -0.355 e. The van der Waals surface area contributed by atoms with Crippen molar-refractivity contribution in [1.82, 2.24) is 39.9 Å². The molecular weight excluding hydrogens is 658 g/mol. The summed E-state index contributed by atoms with van der Waals surface area (Å²) < 4.78 is 0. The molecule has 10 heterocycles. The van der Waals surface area contributed by atoms with Crippen LogP contribution < -0.4 is 0 Å². The molecule has 0 spiro atoms. The predicted octanol–water partition coefficient (Wildman–Crippen LogP) is 9.31. The van der Waals surface area contributed by atoms with E-state index in [9.17, 15) is 0 Å². The number of H-pyrrole nitrogens is 4. The summed E-state index contributed by atoms with van der Waals surface area (Å²) in [4.78, 5) is 32.0. The van der Waals surface area contributed by atoms with Gasteiger partial charge in [-0.15, -0.1) is 0 Å². The van der Waals surface area contributed by atoms with Gasteiger partial charge in [-0.25, -0.2) is 19.9 Å². The number of aromatic nitrogens is 8. The summed E-state index contributed by atoms with van der Waals surface area (Å²) in [6.45, 7) is 0. The van der Waals surface area contributed by atoms with Crippen molar-refractivity contribution in [3.8, 4) is 0 Å². The largest absolute Gasteiger partial charge is 0.355 e. The van der Waals surface area contributed by atoms with Crippen LogP contribution >= 0.6 is 0 Å². The Kier molecular flexibility index (Phi) is 7.88.